The number of esters is 5. The quantitative estimate of drug-likeness (QED) is 0.0207. The van der Waals surface area contributed by atoms with Crippen LogP contribution in [0.5, 0.6) is 0 Å². The maximum Gasteiger partial charge on any atom is 0.407 e. The van der Waals surface area contributed by atoms with Crippen LogP contribution in [0, 0.1) is 0 Å². The highest BCUT2D eigenvalue weighted by Gasteiger charge is 2.35. The molecule has 0 heterocycles. The van der Waals surface area contributed by atoms with Gasteiger partial charge in [-0.1, -0.05) is 87.7 Å². The Kier molecular flexibility index (Phi) is 38.2. The Morgan fingerprint density at radius 1 is 0.460 bits per heavy atom. The number of Topliss-reactive ketones (excluding diaryl/α,β-unsaturated/α-hetero) is 2. The van der Waals surface area contributed by atoms with E-state index in [1.54, 1.807) is 13.8 Å². The minimum atomic E-state index is -1.63. The molecule has 0 fully saturated rings. The predicted octanol–water partition coefficient (Wildman–Crippen LogP) is -1.42. The molecule has 0 aromatic heterocycles. The monoisotopic (exact) mass is 1410 g/mol. The van der Waals surface area contributed by atoms with E-state index in [9.17, 15) is 81.5 Å². The van der Waals surface area contributed by atoms with Gasteiger partial charge in [-0.15, -0.1) is 0 Å². The van der Waals surface area contributed by atoms with Gasteiger partial charge in [0.15, 0.2) is 0 Å². The van der Waals surface area contributed by atoms with E-state index in [-0.39, 0.29) is 75.8 Å². The normalized spacial score (nSPS) is 13.6. The molecule has 2 aromatic carbocycles. The lowest BCUT2D eigenvalue weighted by atomic mass is 9.98. The molecule has 0 aliphatic heterocycles. The third-order valence-corrected chi connectivity index (χ3v) is 14.6. The molecule has 10 amide bonds. The molecule has 100 heavy (non-hydrogen) atoms. The molecule has 1 aliphatic carbocycles. The zero-order valence-corrected chi connectivity index (χ0v) is 57.3. The Morgan fingerprint density at radius 2 is 0.820 bits per heavy atom. The second-order valence-corrected chi connectivity index (χ2v) is 22.4. The van der Waals surface area contributed by atoms with Gasteiger partial charge in [-0.3, -0.25) is 57.5 Å². The van der Waals surface area contributed by atoms with E-state index >= 15 is 0 Å². The van der Waals surface area contributed by atoms with Gasteiger partial charge in [-0.2, -0.15) is 0 Å². The van der Waals surface area contributed by atoms with Gasteiger partial charge in [0.25, 0.3) is 0 Å². The van der Waals surface area contributed by atoms with Gasteiger partial charge in [-0.05, 0) is 75.6 Å². The molecule has 9 unspecified atom stereocenters. The van der Waals surface area contributed by atoms with Gasteiger partial charge in [-0.25, -0.2) is 14.4 Å². The molecule has 548 valence electrons. The number of ether oxygens (including phenoxy) is 6. The summed E-state index contributed by atoms with van der Waals surface area (Å²) in [5.41, 5.74) is 9.35. The SMILES string of the molecule is C=CCOC(=O)C(CCC(C)=O)NC(=O)C(CC)NC(=O)CNC(=O)C(CC(=O)OC)NC(=O)C(C)N.C=CCOC(=O)C(CCC(C)=O)NC(=O)C(CC)NC(=O)CNC(=O)C(CC(=O)OC)NC(=O)C(C)NC(=O)C(CC(=O)OC)NC(=O)OCC1c2ccccc2-c2ccccc21. The highest BCUT2D eigenvalue weighted by atomic mass is 16.6. The number of rotatable bonds is 41. The summed E-state index contributed by atoms with van der Waals surface area (Å²) in [5.74, 6) is -12.4. The average molecular weight is 1410 g/mol. The van der Waals surface area contributed by atoms with Crippen molar-refractivity contribution < 1.29 is 110 Å². The number of hydrogen-bond donors (Lipinski definition) is 11. The van der Waals surface area contributed by atoms with Crippen LogP contribution in [0.25, 0.3) is 11.1 Å². The molecule has 12 N–H and O–H groups in total. The largest absolute Gasteiger partial charge is 0.469 e. The summed E-state index contributed by atoms with van der Waals surface area (Å²) >= 11 is 0. The first-order valence-corrected chi connectivity index (χ1v) is 31.7. The summed E-state index contributed by atoms with van der Waals surface area (Å²) in [6, 6.07) is 3.85. The van der Waals surface area contributed by atoms with Crippen molar-refractivity contribution >= 4 is 101 Å². The molecule has 34 heteroatoms. The summed E-state index contributed by atoms with van der Waals surface area (Å²) in [6.45, 7) is 13.7. The lowest BCUT2D eigenvalue weighted by Gasteiger charge is -2.23. The van der Waals surface area contributed by atoms with Gasteiger partial charge in [0.1, 0.15) is 79.7 Å². The topological polar surface area (TPSA) is 492 Å². The van der Waals surface area contributed by atoms with E-state index in [0.717, 1.165) is 43.6 Å². The van der Waals surface area contributed by atoms with E-state index in [0.29, 0.717) is 0 Å². The van der Waals surface area contributed by atoms with Crippen molar-refractivity contribution in [2.45, 2.75) is 160 Å². The van der Waals surface area contributed by atoms with Crippen LogP contribution in [-0.2, 0) is 105 Å². The summed E-state index contributed by atoms with van der Waals surface area (Å²) < 4.78 is 29.3. The highest BCUT2D eigenvalue weighted by Crippen LogP contribution is 2.44. The highest BCUT2D eigenvalue weighted by molar-refractivity contribution is 5.99. The van der Waals surface area contributed by atoms with Crippen molar-refractivity contribution in [3.8, 4) is 11.1 Å². The number of nitrogens with one attached hydrogen (secondary N) is 10. The molecular formula is C66H91N11O23. The van der Waals surface area contributed by atoms with Gasteiger partial charge < -0.3 is 96.9 Å². The van der Waals surface area contributed by atoms with Crippen LogP contribution in [0.3, 0.4) is 0 Å². The first kappa shape index (κ1) is 85.2. The third-order valence-electron chi connectivity index (χ3n) is 14.6. The van der Waals surface area contributed by atoms with E-state index in [2.05, 4.69) is 80.5 Å². The van der Waals surface area contributed by atoms with Gasteiger partial charge in [0.05, 0.1) is 59.7 Å². The zero-order chi connectivity index (χ0) is 75.2. The van der Waals surface area contributed by atoms with Crippen LogP contribution in [0.1, 0.15) is 116 Å². The molecule has 9 atom stereocenters. The Labute approximate surface area is 577 Å². The number of fused-ring (bicyclic) bond motifs is 3. The minimum Gasteiger partial charge on any atom is -0.469 e. The van der Waals surface area contributed by atoms with E-state index in [1.807, 2.05) is 48.5 Å². The Balaban J connectivity index is 0.000000784. The maximum absolute atomic E-state index is 13.4. The number of hydrogen-bond acceptors (Lipinski definition) is 24. The van der Waals surface area contributed by atoms with E-state index < -0.39 is 176 Å². The first-order valence-electron chi connectivity index (χ1n) is 31.7. The summed E-state index contributed by atoms with van der Waals surface area (Å²) in [6.07, 6.45) is -0.0496. The Hall–Kier alpha value is -10.9. The van der Waals surface area contributed by atoms with Gasteiger partial charge >= 0.3 is 35.9 Å². The number of carbonyl (C=O) groups is 17. The Bertz CT molecular complexity index is 3240. The van der Waals surface area contributed by atoms with Gasteiger partial charge in [0.2, 0.25) is 53.2 Å². The number of carbonyl (C=O) groups excluding carboxylic acids is 17. The van der Waals surface area contributed by atoms with Crippen molar-refractivity contribution in [1.29, 1.82) is 0 Å². The number of amides is 10. The first-order chi connectivity index (χ1) is 47.4. The van der Waals surface area contributed by atoms with Crippen molar-refractivity contribution in [1.82, 2.24) is 53.2 Å². The molecule has 0 spiro atoms. The van der Waals surface area contributed by atoms with Crippen LogP contribution < -0.4 is 58.9 Å². The fourth-order valence-corrected chi connectivity index (χ4v) is 9.14. The molecular weight excluding hydrogens is 1310 g/mol. The second kappa shape index (κ2) is 44.8. The molecule has 0 saturated carbocycles. The zero-order valence-electron chi connectivity index (χ0n) is 57.3. The number of ketones is 2. The molecule has 0 saturated heterocycles. The van der Waals surface area contributed by atoms with Crippen LogP contribution in [0.4, 0.5) is 4.79 Å². The summed E-state index contributed by atoms with van der Waals surface area (Å²) in [4.78, 5) is 212. The van der Waals surface area contributed by atoms with Crippen LogP contribution in [0.15, 0.2) is 73.8 Å². The van der Waals surface area contributed by atoms with Gasteiger partial charge in [0, 0.05) is 18.8 Å². The lowest BCUT2D eigenvalue weighted by Crippen LogP contribution is -2.57. The standard InChI is InChI=1S/C43H54N6O14.C23H37N5O9/c1-7-19-62-42(58)32(18-17-24(3)50)47-40(56)31(8-2)46-35(51)22-44-39(55)33(20-36(52)60-5)48-38(54)25(4)45-41(57)34(21-37(53)61-6)49-43(59)63-23-30-28-15-11-9-13-26(28)27-14-10-12-16-29(27)30;1-6-10-37-23(35)16(9-8-13(3)29)27-22(34)15(7-2)26-18(30)12-25-21(33)17(11-19(31)36-5)28-20(32)14(4)24/h7,9-16,25,30-34H,1,8,17-23H2,2-6H3,(H,44,55)(H,45,57)(H,46,51)(H,47,56)(H,48,54)(H,49,59);6,14-17H,1,7-12,24H2,2-5H3,(H,25,33)(H,26,30)(H,27,34)(H,28,32). The average Bonchev–Trinajstić information content (AvgIpc) is 1.62. The van der Waals surface area contributed by atoms with E-state index in [1.165, 1.54) is 39.8 Å². The van der Waals surface area contributed by atoms with E-state index in [4.69, 9.17) is 19.9 Å². The molecule has 0 radical (unpaired) electrons. The van der Waals surface area contributed by atoms with Crippen LogP contribution in [0.2, 0.25) is 0 Å². The maximum atomic E-state index is 13.4. The van der Waals surface area contributed by atoms with Crippen molar-refractivity contribution in [3.05, 3.63) is 85.0 Å². The molecule has 0 bridgehead atoms. The molecule has 1 aliphatic rings. The minimum absolute atomic E-state index is 0.00616. The summed E-state index contributed by atoms with van der Waals surface area (Å²) in [7, 11) is 3.23. The fraction of sp³-hybridized carbons (Fsp3) is 0.500. The third kappa shape index (κ3) is 30.2. The summed E-state index contributed by atoms with van der Waals surface area (Å²) in [5, 5.41) is 23.6. The van der Waals surface area contributed by atoms with Crippen molar-refractivity contribution in [2.75, 3.05) is 54.2 Å². The lowest BCUT2D eigenvalue weighted by molar-refractivity contribution is -0.147. The van der Waals surface area contributed by atoms with Crippen LogP contribution in [-0.4, -0.2) is 209 Å². The number of nitrogens with two attached hydrogens (primary N) is 1. The van der Waals surface area contributed by atoms with Crippen molar-refractivity contribution in [2.24, 2.45) is 5.73 Å². The number of benzene rings is 2. The van der Waals surface area contributed by atoms with Crippen molar-refractivity contribution in [3.63, 3.8) is 0 Å². The molecule has 34 nitrogen and oxygen atoms in total. The predicted molar refractivity (Wildman–Crippen MR) is 353 cm³/mol. The molecule has 3 rings (SSSR count). The number of methoxy groups -OCH3 is 3. The number of alkyl carbamates (subject to hydrolysis) is 1. The molecule has 2 aromatic rings. The second-order valence-electron chi connectivity index (χ2n) is 22.4. The Morgan fingerprint density at radius 3 is 1.18 bits per heavy atom. The fourth-order valence-electron chi connectivity index (χ4n) is 9.14. The van der Waals surface area contributed by atoms with Crippen LogP contribution >= 0.6 is 0 Å². The smallest absolute Gasteiger partial charge is 0.407 e.